The summed E-state index contributed by atoms with van der Waals surface area (Å²) in [5.41, 5.74) is 15.1. The summed E-state index contributed by atoms with van der Waals surface area (Å²) >= 11 is 3.35. The maximum atomic E-state index is 14.8. The lowest BCUT2D eigenvalue weighted by molar-refractivity contribution is 0.0339. The number of amides is 2. The van der Waals surface area contributed by atoms with Crippen molar-refractivity contribution in [3.63, 3.8) is 0 Å². The SMILES string of the molecule is C.CC(C)(C)[Si](C)(C)OCc1cc(Cc2nn(C3COCC[C@@H]3C#N)cc2C(N)=O)cc(F)c1Br.N#C[C@H]1CCOCC1n1cc(C(N)=O)c(Cc2cc(F)c3c(c2)COB3O)n1. The second-order valence-corrected chi connectivity index (χ2v) is 22.9. The molecular formula is C43H54BBrF2N8O7Si. The van der Waals surface area contributed by atoms with Crippen LogP contribution in [0.5, 0.6) is 0 Å². The summed E-state index contributed by atoms with van der Waals surface area (Å²) in [5, 5.41) is 37.6. The highest BCUT2D eigenvalue weighted by Crippen LogP contribution is 2.38. The molecule has 20 heteroatoms. The van der Waals surface area contributed by atoms with Crippen LogP contribution in [0.15, 0.2) is 41.1 Å². The number of carbonyl (C=O) groups excluding carboxylic acids is 2. The number of halogens is 3. The Balaban J connectivity index is 0.000000238. The second kappa shape index (κ2) is 20.4. The first-order valence-corrected chi connectivity index (χ1v) is 23.9. The molecule has 5 heterocycles. The average Bonchev–Trinajstić information content (AvgIpc) is 3.95. The summed E-state index contributed by atoms with van der Waals surface area (Å²) in [4.78, 5) is 24.0. The van der Waals surface area contributed by atoms with Gasteiger partial charge in [-0.2, -0.15) is 20.7 Å². The number of rotatable bonds is 11. The molecule has 0 radical (unpaired) electrons. The van der Waals surface area contributed by atoms with Gasteiger partial charge in [0, 0.05) is 43.9 Å². The smallest absolute Gasteiger partial charge is 0.423 e. The Morgan fingerprint density at radius 2 is 1.41 bits per heavy atom. The quantitative estimate of drug-likeness (QED) is 0.153. The van der Waals surface area contributed by atoms with E-state index in [0.29, 0.717) is 77.4 Å². The fourth-order valence-electron chi connectivity index (χ4n) is 7.40. The van der Waals surface area contributed by atoms with Gasteiger partial charge in [0.25, 0.3) is 11.8 Å². The molecule has 5 N–H and O–H groups in total. The standard InChI is InChI=1S/C24H32BrFN4O3Si.C18H18BFN4O4.CH4/c1-24(2,3)34(4,5)33-13-17-8-15(9-19(26)22(17)25)10-20-18(23(28)31)12-30(29-20)21-14-32-7-6-16(21)11-27;20-14-4-10(3-12-8-28-19(26)17(12)14)5-15-13(18(22)25)7-24(23-15)16-9-27-2-1-11(16)6-21;/h8-9,12,16,21H,6-7,10,13-14H2,1-5H3,(H2,28,31);3-4,7,11,16,26H,1-2,5,8-9H2,(H2,22,25);1H4/t16-,21?;11-,16?;/m11./s1. The molecule has 3 aliphatic heterocycles. The molecule has 2 fully saturated rings. The molecule has 2 aromatic carbocycles. The number of benzene rings is 2. The summed E-state index contributed by atoms with van der Waals surface area (Å²) < 4.78 is 55.0. The van der Waals surface area contributed by atoms with E-state index in [9.17, 15) is 33.9 Å². The molecule has 15 nitrogen and oxygen atoms in total. The number of fused-ring (bicyclic) bond motifs is 1. The molecule has 0 saturated carbocycles. The van der Waals surface area contributed by atoms with Crippen molar-refractivity contribution in [2.45, 2.75) is 97.3 Å². The minimum Gasteiger partial charge on any atom is -0.423 e. The lowest BCUT2D eigenvalue weighted by Gasteiger charge is -2.36. The minimum absolute atomic E-state index is 0. The van der Waals surface area contributed by atoms with E-state index in [2.05, 4.69) is 72.1 Å². The third-order valence-corrected chi connectivity index (χ3v) is 17.4. The molecular weight excluding hydrogens is 897 g/mol. The van der Waals surface area contributed by atoms with Gasteiger partial charge in [0.05, 0.1) is 89.5 Å². The van der Waals surface area contributed by atoms with Crippen LogP contribution in [-0.4, -0.2) is 78.3 Å². The van der Waals surface area contributed by atoms with Gasteiger partial charge in [-0.15, -0.1) is 0 Å². The molecule has 2 unspecified atom stereocenters. The third kappa shape index (κ3) is 11.1. The van der Waals surface area contributed by atoms with Gasteiger partial charge in [-0.1, -0.05) is 40.3 Å². The lowest BCUT2D eigenvalue weighted by atomic mass is 9.78. The molecule has 336 valence electrons. The van der Waals surface area contributed by atoms with E-state index in [0.717, 1.165) is 0 Å². The van der Waals surface area contributed by atoms with E-state index >= 15 is 0 Å². The van der Waals surface area contributed by atoms with Crippen LogP contribution in [0, 0.1) is 46.1 Å². The van der Waals surface area contributed by atoms with E-state index in [-0.39, 0.29) is 79.0 Å². The molecule has 4 atom stereocenters. The largest absolute Gasteiger partial charge is 0.494 e. The second-order valence-electron chi connectivity index (χ2n) is 17.3. The van der Waals surface area contributed by atoms with Crippen molar-refractivity contribution in [3.05, 3.63) is 97.5 Å². The van der Waals surface area contributed by atoms with Crippen LogP contribution < -0.4 is 16.9 Å². The van der Waals surface area contributed by atoms with E-state index in [4.69, 9.17) is 30.0 Å². The van der Waals surface area contributed by atoms with Crippen LogP contribution in [-0.2, 0) is 44.6 Å². The fraction of sp³-hybridized carbons (Fsp3) is 0.488. The number of hydrogen-bond donors (Lipinski definition) is 3. The van der Waals surface area contributed by atoms with Gasteiger partial charge in [0.1, 0.15) is 11.6 Å². The normalized spacial score (nSPS) is 19.8. The molecule has 3 aliphatic rings. The Labute approximate surface area is 376 Å². The first-order chi connectivity index (χ1) is 29.3. The van der Waals surface area contributed by atoms with Crippen LogP contribution in [0.4, 0.5) is 8.78 Å². The Bertz CT molecular complexity index is 2410. The van der Waals surface area contributed by atoms with E-state index < -0.39 is 38.9 Å². The highest BCUT2D eigenvalue weighted by atomic mass is 79.9. The zero-order chi connectivity index (χ0) is 45.1. The summed E-state index contributed by atoms with van der Waals surface area (Å²) in [5.74, 6) is -2.79. The average molecular weight is 952 g/mol. The number of nitrogens with two attached hydrogens (primary N) is 2. The predicted molar refractivity (Wildman–Crippen MR) is 236 cm³/mol. The van der Waals surface area contributed by atoms with Crippen molar-refractivity contribution in [1.82, 2.24) is 19.6 Å². The summed E-state index contributed by atoms with van der Waals surface area (Å²) in [6, 6.07) is 10.2. The molecule has 2 aromatic heterocycles. The molecule has 0 bridgehead atoms. The van der Waals surface area contributed by atoms with Crippen molar-refractivity contribution in [2.75, 3.05) is 26.4 Å². The van der Waals surface area contributed by atoms with Gasteiger partial charge >= 0.3 is 7.12 Å². The van der Waals surface area contributed by atoms with Gasteiger partial charge in [0.2, 0.25) is 0 Å². The Hall–Kier alpha value is -4.80. The Morgan fingerprint density at radius 1 is 0.921 bits per heavy atom. The molecule has 0 aliphatic carbocycles. The van der Waals surface area contributed by atoms with Crippen LogP contribution in [0.2, 0.25) is 18.1 Å². The Morgan fingerprint density at radius 3 is 1.89 bits per heavy atom. The van der Waals surface area contributed by atoms with Crippen molar-refractivity contribution in [1.29, 1.82) is 10.5 Å². The van der Waals surface area contributed by atoms with E-state index in [1.54, 1.807) is 21.6 Å². The number of ether oxygens (including phenoxy) is 2. The number of primary amides is 2. The molecule has 7 rings (SSSR count). The highest BCUT2D eigenvalue weighted by molar-refractivity contribution is 9.10. The van der Waals surface area contributed by atoms with Crippen LogP contribution in [0.3, 0.4) is 0 Å². The number of carbonyl (C=O) groups is 2. The summed E-state index contributed by atoms with van der Waals surface area (Å²) in [6.07, 6.45) is 4.66. The molecule has 2 amide bonds. The van der Waals surface area contributed by atoms with Crippen LogP contribution in [0.25, 0.3) is 0 Å². The molecule has 2 saturated heterocycles. The maximum absolute atomic E-state index is 14.8. The van der Waals surface area contributed by atoms with Gasteiger partial charge in [0.15, 0.2) is 8.32 Å². The molecule has 0 spiro atoms. The van der Waals surface area contributed by atoms with Crippen molar-refractivity contribution < 1.29 is 41.9 Å². The van der Waals surface area contributed by atoms with Crippen molar-refractivity contribution >= 4 is 48.6 Å². The van der Waals surface area contributed by atoms with Gasteiger partial charge < -0.3 is 35.0 Å². The first-order valence-electron chi connectivity index (χ1n) is 20.2. The fourth-order valence-corrected chi connectivity index (χ4v) is 8.70. The van der Waals surface area contributed by atoms with Crippen molar-refractivity contribution in [3.8, 4) is 12.1 Å². The topological polar surface area (TPSA) is 227 Å². The molecule has 4 aromatic rings. The maximum Gasteiger partial charge on any atom is 0.494 e. The number of nitrogens with zero attached hydrogens (tertiary/aromatic N) is 6. The summed E-state index contributed by atoms with van der Waals surface area (Å²) in [7, 11) is -3.29. The lowest BCUT2D eigenvalue weighted by Crippen LogP contribution is -2.40. The van der Waals surface area contributed by atoms with Crippen LogP contribution in [0.1, 0.15) is 107 Å². The van der Waals surface area contributed by atoms with E-state index in [1.165, 1.54) is 18.3 Å². The third-order valence-electron chi connectivity index (χ3n) is 12.0. The van der Waals surface area contributed by atoms with Gasteiger partial charge in [-0.05, 0) is 81.3 Å². The van der Waals surface area contributed by atoms with E-state index in [1.807, 2.05) is 6.07 Å². The zero-order valence-electron chi connectivity index (χ0n) is 35.3. The number of nitriles is 2. The van der Waals surface area contributed by atoms with Crippen molar-refractivity contribution in [2.24, 2.45) is 23.3 Å². The zero-order valence-corrected chi connectivity index (χ0v) is 37.9. The molecule has 63 heavy (non-hydrogen) atoms. The van der Waals surface area contributed by atoms with Gasteiger partial charge in [-0.3, -0.25) is 19.0 Å². The first kappa shape index (κ1) is 49.2. The number of aromatic nitrogens is 4. The minimum atomic E-state index is -2.03. The highest BCUT2D eigenvalue weighted by Gasteiger charge is 2.38. The van der Waals surface area contributed by atoms with Gasteiger partial charge in [-0.25, -0.2) is 8.78 Å². The summed E-state index contributed by atoms with van der Waals surface area (Å²) in [6.45, 7) is 12.8. The predicted octanol–water partition coefficient (Wildman–Crippen LogP) is 5.76. The Kier molecular flexibility index (Phi) is 15.9. The van der Waals surface area contributed by atoms with Crippen LogP contribution >= 0.6 is 15.9 Å². The monoisotopic (exact) mass is 950 g/mol. The number of hydrogen-bond acceptors (Lipinski definition) is 11.